The molecular weight excluding hydrogens is 378 g/mol. The van der Waals surface area contributed by atoms with Crippen molar-refractivity contribution in [1.82, 2.24) is 16.0 Å². The van der Waals surface area contributed by atoms with Crippen molar-refractivity contribution in [1.29, 1.82) is 0 Å². The minimum Gasteiger partial charge on any atom is -0.480 e. The second-order valence-corrected chi connectivity index (χ2v) is 6.68. The third-order valence-electron chi connectivity index (χ3n) is 3.61. The molecule has 0 aliphatic carbocycles. The quantitative estimate of drug-likeness (QED) is 0.182. The number of primary amides is 1. The highest BCUT2D eigenvalue weighted by Crippen LogP contribution is 2.00. The number of rotatable bonds is 11. The van der Waals surface area contributed by atoms with E-state index in [1.165, 1.54) is 6.92 Å². The number of carbonyl (C=O) groups excluding carboxylic acids is 4. The molecule has 0 aliphatic heterocycles. The number of carboxylic acids is 1. The normalized spacial score (nSPS) is 15.2. The number of carbonyl (C=O) groups is 5. The van der Waals surface area contributed by atoms with Gasteiger partial charge in [0.25, 0.3) is 0 Å². The van der Waals surface area contributed by atoms with Gasteiger partial charge in [-0.15, -0.1) is 0 Å². The van der Waals surface area contributed by atoms with Crippen LogP contribution in [0.5, 0.6) is 0 Å². The zero-order valence-electron chi connectivity index (χ0n) is 15.4. The van der Waals surface area contributed by atoms with Crippen LogP contribution in [0.1, 0.15) is 27.2 Å². The molecule has 0 heterocycles. The summed E-state index contributed by atoms with van der Waals surface area (Å²) in [4.78, 5) is 58.1. The number of nitrogens with two attached hydrogens (primary N) is 2. The number of hydrogen-bond acceptors (Lipinski definition) is 7. The third kappa shape index (κ3) is 8.73. The molecule has 0 saturated heterocycles. The SMILES string of the molecule is CC(NC(=O)C(CS)NC(=O)C(N)C(C)C)C(=O)NC(CC(N)=O)C(=O)O. The number of hydrogen-bond donors (Lipinski definition) is 7. The van der Waals surface area contributed by atoms with Crippen molar-refractivity contribution >= 4 is 42.2 Å². The second-order valence-electron chi connectivity index (χ2n) is 6.31. The van der Waals surface area contributed by atoms with Gasteiger partial charge < -0.3 is 32.5 Å². The monoisotopic (exact) mass is 405 g/mol. The molecule has 4 amide bonds. The van der Waals surface area contributed by atoms with Gasteiger partial charge in [0.15, 0.2) is 0 Å². The maximum atomic E-state index is 12.2. The Morgan fingerprint density at radius 1 is 0.926 bits per heavy atom. The molecule has 0 bridgehead atoms. The molecule has 0 aromatic heterocycles. The first kappa shape index (κ1) is 24.7. The number of nitrogens with one attached hydrogen (secondary N) is 3. The van der Waals surface area contributed by atoms with Gasteiger partial charge in [-0.2, -0.15) is 12.6 Å². The Morgan fingerprint density at radius 3 is 1.85 bits per heavy atom. The van der Waals surface area contributed by atoms with Crippen LogP contribution in [-0.4, -0.2) is 64.6 Å². The van der Waals surface area contributed by atoms with E-state index in [0.29, 0.717) is 0 Å². The average Bonchev–Trinajstić information content (AvgIpc) is 2.56. The van der Waals surface area contributed by atoms with Crippen LogP contribution in [0.4, 0.5) is 0 Å². The van der Waals surface area contributed by atoms with Crippen molar-refractivity contribution in [3.8, 4) is 0 Å². The lowest BCUT2D eigenvalue weighted by atomic mass is 10.0. The van der Waals surface area contributed by atoms with Crippen LogP contribution in [0.15, 0.2) is 0 Å². The highest BCUT2D eigenvalue weighted by Gasteiger charge is 2.28. The topological polar surface area (TPSA) is 194 Å². The molecule has 0 radical (unpaired) electrons. The van der Waals surface area contributed by atoms with Crippen LogP contribution in [0.25, 0.3) is 0 Å². The lowest BCUT2D eigenvalue weighted by Gasteiger charge is -2.23. The Balaban J connectivity index is 4.84. The summed E-state index contributed by atoms with van der Waals surface area (Å²) in [6.07, 6.45) is -0.593. The van der Waals surface area contributed by atoms with E-state index in [9.17, 15) is 24.0 Å². The molecule has 0 rings (SSSR count). The summed E-state index contributed by atoms with van der Waals surface area (Å²) < 4.78 is 0. The van der Waals surface area contributed by atoms with Gasteiger partial charge in [0.05, 0.1) is 12.5 Å². The molecule has 11 nitrogen and oxygen atoms in total. The van der Waals surface area contributed by atoms with Crippen LogP contribution < -0.4 is 27.4 Å². The summed E-state index contributed by atoms with van der Waals surface area (Å²) in [5.74, 6) is -4.60. The molecule has 0 fully saturated rings. The average molecular weight is 405 g/mol. The second kappa shape index (κ2) is 11.4. The summed E-state index contributed by atoms with van der Waals surface area (Å²) in [5, 5.41) is 15.9. The van der Waals surface area contributed by atoms with Crippen molar-refractivity contribution in [2.45, 2.75) is 51.4 Å². The highest BCUT2D eigenvalue weighted by molar-refractivity contribution is 7.80. The molecule has 0 aromatic rings. The Hall–Kier alpha value is -2.34. The summed E-state index contributed by atoms with van der Waals surface area (Å²) in [6.45, 7) is 4.81. The Kier molecular flexibility index (Phi) is 10.4. The summed E-state index contributed by atoms with van der Waals surface area (Å²) >= 11 is 4.00. The Bertz CT molecular complexity index is 585. The lowest BCUT2D eigenvalue weighted by molar-refractivity contribution is -0.143. The first-order valence-electron chi connectivity index (χ1n) is 8.19. The van der Waals surface area contributed by atoms with Crippen LogP contribution in [0, 0.1) is 5.92 Å². The molecule has 12 heteroatoms. The fraction of sp³-hybridized carbons (Fsp3) is 0.667. The zero-order valence-corrected chi connectivity index (χ0v) is 16.3. The minimum absolute atomic E-state index is 0.0455. The largest absolute Gasteiger partial charge is 0.480 e. The maximum Gasteiger partial charge on any atom is 0.326 e. The molecule has 4 unspecified atom stereocenters. The van der Waals surface area contributed by atoms with Gasteiger partial charge in [0.2, 0.25) is 23.6 Å². The highest BCUT2D eigenvalue weighted by atomic mass is 32.1. The number of amides is 4. The van der Waals surface area contributed by atoms with Crippen LogP contribution >= 0.6 is 12.6 Å². The van der Waals surface area contributed by atoms with Crippen molar-refractivity contribution in [2.75, 3.05) is 5.75 Å². The smallest absolute Gasteiger partial charge is 0.326 e. The van der Waals surface area contributed by atoms with E-state index >= 15 is 0 Å². The molecule has 0 saturated carbocycles. The summed E-state index contributed by atoms with van der Waals surface area (Å²) in [6, 6.07) is -4.50. The fourth-order valence-electron chi connectivity index (χ4n) is 1.84. The van der Waals surface area contributed by atoms with E-state index in [0.717, 1.165) is 0 Å². The first-order chi connectivity index (χ1) is 12.4. The van der Waals surface area contributed by atoms with E-state index in [1.54, 1.807) is 13.8 Å². The Labute approximate surface area is 162 Å². The van der Waals surface area contributed by atoms with Gasteiger partial charge in [0, 0.05) is 5.75 Å². The van der Waals surface area contributed by atoms with Crippen LogP contribution in [0.2, 0.25) is 0 Å². The van der Waals surface area contributed by atoms with Crippen LogP contribution in [0.3, 0.4) is 0 Å². The van der Waals surface area contributed by atoms with Gasteiger partial charge in [-0.05, 0) is 12.8 Å². The lowest BCUT2D eigenvalue weighted by Crippen LogP contribution is -2.57. The number of aliphatic carboxylic acids is 1. The molecule has 0 spiro atoms. The molecule has 154 valence electrons. The van der Waals surface area contributed by atoms with Gasteiger partial charge in [-0.1, -0.05) is 13.8 Å². The predicted molar refractivity (Wildman–Crippen MR) is 99.6 cm³/mol. The van der Waals surface area contributed by atoms with Crippen molar-refractivity contribution in [3.63, 3.8) is 0 Å². The van der Waals surface area contributed by atoms with E-state index in [4.69, 9.17) is 16.6 Å². The number of carboxylic acid groups (broad SMARTS) is 1. The summed E-state index contributed by atoms with van der Waals surface area (Å²) in [7, 11) is 0. The standard InChI is InChI=1S/C15H27N5O6S/c1-6(2)11(17)14(24)20-9(5-27)13(23)18-7(3)12(22)19-8(15(25)26)4-10(16)21/h6-9,11,27H,4-5,17H2,1-3H3,(H2,16,21)(H,18,23)(H,19,22)(H,20,24)(H,25,26). The van der Waals surface area contributed by atoms with Crippen molar-refractivity contribution in [3.05, 3.63) is 0 Å². The van der Waals surface area contributed by atoms with Crippen molar-refractivity contribution < 1.29 is 29.1 Å². The zero-order chi connectivity index (χ0) is 21.3. The molecule has 27 heavy (non-hydrogen) atoms. The van der Waals surface area contributed by atoms with Crippen LogP contribution in [-0.2, 0) is 24.0 Å². The van der Waals surface area contributed by atoms with E-state index in [2.05, 4.69) is 28.6 Å². The molecular formula is C15H27N5O6S. The maximum absolute atomic E-state index is 12.2. The number of thiol groups is 1. The van der Waals surface area contributed by atoms with E-state index < -0.39 is 60.2 Å². The minimum atomic E-state index is -1.52. The summed E-state index contributed by atoms with van der Waals surface area (Å²) in [5.41, 5.74) is 10.6. The molecule has 0 aliphatic rings. The Morgan fingerprint density at radius 2 is 1.44 bits per heavy atom. The molecule has 0 aromatic carbocycles. The van der Waals surface area contributed by atoms with E-state index in [-0.39, 0.29) is 11.7 Å². The van der Waals surface area contributed by atoms with Gasteiger partial charge >= 0.3 is 5.97 Å². The molecule has 4 atom stereocenters. The van der Waals surface area contributed by atoms with Gasteiger partial charge in [0.1, 0.15) is 18.1 Å². The third-order valence-corrected chi connectivity index (χ3v) is 3.97. The predicted octanol–water partition coefficient (Wildman–Crippen LogP) is -2.67. The van der Waals surface area contributed by atoms with Crippen molar-refractivity contribution in [2.24, 2.45) is 17.4 Å². The van der Waals surface area contributed by atoms with Gasteiger partial charge in [-0.25, -0.2) is 4.79 Å². The van der Waals surface area contributed by atoms with E-state index in [1.807, 2.05) is 0 Å². The fourth-order valence-corrected chi connectivity index (χ4v) is 2.10. The van der Waals surface area contributed by atoms with Gasteiger partial charge in [-0.3, -0.25) is 19.2 Å². The molecule has 8 N–H and O–H groups in total. The first-order valence-corrected chi connectivity index (χ1v) is 8.82.